The van der Waals surface area contributed by atoms with Crippen LogP contribution in [0.1, 0.15) is 36.6 Å². The zero-order valence-electron chi connectivity index (χ0n) is 14.5. The number of rotatable bonds is 3. The predicted molar refractivity (Wildman–Crippen MR) is 102 cm³/mol. The van der Waals surface area contributed by atoms with Crippen LogP contribution in [0.3, 0.4) is 0 Å². The normalized spacial score (nSPS) is 16.6. The number of carbonyl (C=O) groups is 3. The lowest BCUT2D eigenvalue weighted by atomic mass is 10.1. The summed E-state index contributed by atoms with van der Waals surface area (Å²) in [4.78, 5) is 41.2. The van der Waals surface area contributed by atoms with E-state index >= 15 is 0 Å². The molecular formula is C20H17BrN2O4. The minimum Gasteiger partial charge on any atom is -0.378 e. The van der Waals surface area contributed by atoms with Gasteiger partial charge < -0.3 is 9.64 Å². The first kappa shape index (κ1) is 17.9. The standard InChI is InChI=1S/C20H17BrN2O4/c21-14-5-6-15(18(24)22-7-9-27-10-8-22)13(11-14)12-23-19(25)16-3-1-2-4-17(16)20(23)26/h1-6,11H,7-10,12H2. The first-order valence-electron chi connectivity index (χ1n) is 8.67. The van der Waals surface area contributed by atoms with E-state index in [1.165, 1.54) is 4.90 Å². The molecule has 0 atom stereocenters. The summed E-state index contributed by atoms with van der Waals surface area (Å²) in [6, 6.07) is 12.1. The van der Waals surface area contributed by atoms with Gasteiger partial charge in [-0.2, -0.15) is 0 Å². The van der Waals surface area contributed by atoms with Gasteiger partial charge in [-0.05, 0) is 35.9 Å². The lowest BCUT2D eigenvalue weighted by Crippen LogP contribution is -2.41. The molecule has 2 aliphatic rings. The molecule has 138 valence electrons. The fourth-order valence-electron chi connectivity index (χ4n) is 3.39. The third kappa shape index (κ3) is 3.28. The first-order valence-corrected chi connectivity index (χ1v) is 9.46. The molecule has 7 heteroatoms. The molecular weight excluding hydrogens is 412 g/mol. The van der Waals surface area contributed by atoms with E-state index in [4.69, 9.17) is 4.74 Å². The van der Waals surface area contributed by atoms with Crippen LogP contribution in [-0.4, -0.2) is 53.8 Å². The van der Waals surface area contributed by atoms with Crippen LogP contribution in [0.5, 0.6) is 0 Å². The molecule has 2 aromatic carbocycles. The largest absolute Gasteiger partial charge is 0.378 e. The summed E-state index contributed by atoms with van der Waals surface area (Å²) in [5, 5.41) is 0. The Morgan fingerprint density at radius 3 is 2.26 bits per heavy atom. The highest BCUT2D eigenvalue weighted by molar-refractivity contribution is 9.10. The number of halogens is 1. The molecule has 2 aromatic rings. The van der Waals surface area contributed by atoms with Gasteiger partial charge in [-0.15, -0.1) is 0 Å². The molecule has 0 unspecified atom stereocenters. The Morgan fingerprint density at radius 2 is 1.63 bits per heavy atom. The van der Waals surface area contributed by atoms with E-state index in [9.17, 15) is 14.4 Å². The molecule has 0 aliphatic carbocycles. The molecule has 4 rings (SSSR count). The number of carbonyl (C=O) groups excluding carboxylic acids is 3. The first-order chi connectivity index (χ1) is 13.1. The highest BCUT2D eigenvalue weighted by atomic mass is 79.9. The van der Waals surface area contributed by atoms with Gasteiger partial charge in [-0.25, -0.2) is 0 Å². The summed E-state index contributed by atoms with van der Waals surface area (Å²) < 4.78 is 6.09. The lowest BCUT2D eigenvalue weighted by molar-refractivity contribution is 0.0301. The number of nitrogens with zero attached hydrogens (tertiary/aromatic N) is 2. The van der Waals surface area contributed by atoms with Crippen LogP contribution in [0, 0.1) is 0 Å². The number of fused-ring (bicyclic) bond motifs is 1. The molecule has 2 aliphatic heterocycles. The number of hydrogen-bond donors (Lipinski definition) is 0. The third-order valence-corrected chi connectivity index (χ3v) is 5.30. The van der Waals surface area contributed by atoms with Gasteiger partial charge in [-0.1, -0.05) is 28.1 Å². The Bertz CT molecular complexity index is 902. The number of imide groups is 1. The maximum absolute atomic E-state index is 13.0. The van der Waals surface area contributed by atoms with Crippen LogP contribution in [0.2, 0.25) is 0 Å². The van der Waals surface area contributed by atoms with Crippen molar-refractivity contribution in [2.45, 2.75) is 6.54 Å². The molecule has 1 fully saturated rings. The van der Waals surface area contributed by atoms with E-state index in [0.29, 0.717) is 48.6 Å². The van der Waals surface area contributed by atoms with Crippen molar-refractivity contribution in [1.29, 1.82) is 0 Å². The zero-order chi connectivity index (χ0) is 19.0. The van der Waals surface area contributed by atoms with Crippen molar-refractivity contribution >= 4 is 33.7 Å². The Hall–Kier alpha value is -2.51. The van der Waals surface area contributed by atoms with Gasteiger partial charge in [0.15, 0.2) is 0 Å². The minimum atomic E-state index is -0.333. The Kier molecular flexibility index (Phi) is 4.80. The monoisotopic (exact) mass is 428 g/mol. The fraction of sp³-hybridized carbons (Fsp3) is 0.250. The number of amides is 3. The Morgan fingerprint density at radius 1 is 1.00 bits per heavy atom. The highest BCUT2D eigenvalue weighted by Crippen LogP contribution is 2.27. The Labute approximate surface area is 164 Å². The van der Waals surface area contributed by atoms with Gasteiger partial charge in [0.1, 0.15) is 0 Å². The molecule has 1 saturated heterocycles. The van der Waals surface area contributed by atoms with Crippen LogP contribution in [0.4, 0.5) is 0 Å². The topological polar surface area (TPSA) is 66.9 Å². The molecule has 0 saturated carbocycles. The molecule has 3 amide bonds. The minimum absolute atomic E-state index is 0.0528. The van der Waals surface area contributed by atoms with Crippen LogP contribution in [0.15, 0.2) is 46.9 Å². The maximum atomic E-state index is 13.0. The molecule has 0 N–H and O–H groups in total. The van der Waals surface area contributed by atoms with Crippen molar-refractivity contribution in [2.24, 2.45) is 0 Å². The summed E-state index contributed by atoms with van der Waals surface area (Å²) in [6.07, 6.45) is 0. The number of benzene rings is 2. The van der Waals surface area contributed by atoms with Crippen molar-refractivity contribution in [1.82, 2.24) is 9.80 Å². The van der Waals surface area contributed by atoms with Gasteiger partial charge >= 0.3 is 0 Å². The van der Waals surface area contributed by atoms with Gasteiger partial charge in [-0.3, -0.25) is 19.3 Å². The van der Waals surface area contributed by atoms with Gasteiger partial charge in [0.25, 0.3) is 17.7 Å². The number of morpholine rings is 1. The van der Waals surface area contributed by atoms with Crippen molar-refractivity contribution in [3.05, 3.63) is 69.2 Å². The van der Waals surface area contributed by atoms with Gasteiger partial charge in [0, 0.05) is 23.1 Å². The zero-order valence-corrected chi connectivity index (χ0v) is 16.1. The van der Waals surface area contributed by atoms with Crippen molar-refractivity contribution in [3.63, 3.8) is 0 Å². The summed E-state index contributed by atoms with van der Waals surface area (Å²) in [5.41, 5.74) is 1.93. The molecule has 0 spiro atoms. The predicted octanol–water partition coefficient (Wildman–Crippen LogP) is 2.72. The average Bonchev–Trinajstić information content (AvgIpc) is 2.94. The molecule has 0 aromatic heterocycles. The SMILES string of the molecule is O=C(c1ccc(Br)cc1CN1C(=O)c2ccccc2C1=O)N1CCOCC1. The second-order valence-corrected chi connectivity index (χ2v) is 7.36. The van der Waals surface area contributed by atoms with E-state index in [2.05, 4.69) is 15.9 Å². The van der Waals surface area contributed by atoms with Crippen LogP contribution < -0.4 is 0 Å². The maximum Gasteiger partial charge on any atom is 0.261 e. The van der Waals surface area contributed by atoms with E-state index in [0.717, 1.165) is 4.47 Å². The van der Waals surface area contributed by atoms with E-state index in [1.807, 2.05) is 0 Å². The molecule has 2 heterocycles. The fourth-order valence-corrected chi connectivity index (χ4v) is 3.80. The van der Waals surface area contributed by atoms with Crippen LogP contribution in [-0.2, 0) is 11.3 Å². The summed E-state index contributed by atoms with van der Waals surface area (Å²) >= 11 is 3.42. The average molecular weight is 429 g/mol. The molecule has 0 bridgehead atoms. The molecule has 0 radical (unpaired) electrons. The van der Waals surface area contributed by atoms with Gasteiger partial charge in [0.2, 0.25) is 0 Å². The number of ether oxygens (including phenoxy) is 1. The second-order valence-electron chi connectivity index (χ2n) is 6.45. The van der Waals surface area contributed by atoms with Crippen LogP contribution >= 0.6 is 15.9 Å². The second kappa shape index (κ2) is 7.25. The van der Waals surface area contributed by atoms with E-state index < -0.39 is 0 Å². The highest BCUT2D eigenvalue weighted by Gasteiger charge is 2.36. The van der Waals surface area contributed by atoms with Crippen LogP contribution in [0.25, 0.3) is 0 Å². The van der Waals surface area contributed by atoms with Crippen molar-refractivity contribution in [3.8, 4) is 0 Å². The number of hydrogen-bond acceptors (Lipinski definition) is 4. The summed E-state index contributed by atoms with van der Waals surface area (Å²) in [6.45, 7) is 2.13. The smallest absolute Gasteiger partial charge is 0.261 e. The van der Waals surface area contributed by atoms with E-state index in [-0.39, 0.29) is 24.3 Å². The molecule has 6 nitrogen and oxygen atoms in total. The molecule has 27 heavy (non-hydrogen) atoms. The Balaban J connectivity index is 1.65. The quantitative estimate of drug-likeness (QED) is 0.704. The third-order valence-electron chi connectivity index (χ3n) is 4.80. The van der Waals surface area contributed by atoms with Crippen molar-refractivity contribution < 1.29 is 19.1 Å². The summed E-state index contributed by atoms with van der Waals surface area (Å²) in [7, 11) is 0. The van der Waals surface area contributed by atoms with Crippen molar-refractivity contribution in [2.75, 3.05) is 26.3 Å². The van der Waals surface area contributed by atoms with Gasteiger partial charge in [0.05, 0.1) is 30.9 Å². The van der Waals surface area contributed by atoms with E-state index in [1.54, 1.807) is 47.4 Å². The lowest BCUT2D eigenvalue weighted by Gasteiger charge is -2.28. The summed E-state index contributed by atoms with van der Waals surface area (Å²) in [5.74, 6) is -0.780.